The molecule has 0 aliphatic carbocycles. The molecule has 1 unspecified atom stereocenters. The number of ether oxygens (including phenoxy) is 1. The molecule has 0 fully saturated rings. The Bertz CT molecular complexity index is 590. The molecule has 0 saturated carbocycles. The van der Waals surface area contributed by atoms with Crippen molar-refractivity contribution < 1.29 is 9.53 Å². The van der Waals surface area contributed by atoms with E-state index in [1.54, 1.807) is 6.92 Å². The molecule has 0 aromatic heterocycles. The molecule has 0 heterocycles. The topological polar surface area (TPSA) is 52.3 Å². The molecule has 1 rings (SSSR count). The lowest BCUT2D eigenvalue weighted by atomic mass is 9.76. The van der Waals surface area contributed by atoms with E-state index in [1.165, 1.54) is 5.56 Å². The number of rotatable bonds is 8. The van der Waals surface area contributed by atoms with Gasteiger partial charge in [-0.25, -0.2) is 0 Å². The highest BCUT2D eigenvalue weighted by Gasteiger charge is 2.34. The lowest BCUT2D eigenvalue weighted by Gasteiger charge is -2.33. The minimum Gasteiger partial charge on any atom is -0.477 e. The van der Waals surface area contributed by atoms with E-state index in [9.17, 15) is 4.79 Å². The average Bonchev–Trinajstić information content (AvgIpc) is 2.54. The first-order chi connectivity index (χ1) is 10.9. The summed E-state index contributed by atoms with van der Waals surface area (Å²) in [5.41, 5.74) is 7.10. The lowest BCUT2D eigenvalue weighted by Crippen LogP contribution is -2.46. The molecule has 1 aromatic rings. The van der Waals surface area contributed by atoms with Crippen LogP contribution in [-0.2, 0) is 15.6 Å². The third-order valence-corrected chi connectivity index (χ3v) is 5.79. The molecule has 0 spiro atoms. The van der Waals surface area contributed by atoms with Gasteiger partial charge in [-0.2, -0.15) is 0 Å². The van der Waals surface area contributed by atoms with Crippen molar-refractivity contribution in [3.05, 3.63) is 29.3 Å². The molecule has 3 heteroatoms. The van der Waals surface area contributed by atoms with Crippen LogP contribution in [0.4, 0.5) is 0 Å². The molecule has 0 aliphatic heterocycles. The number of hydrogen-bond donors (Lipinski definition) is 1. The molecule has 2 N–H and O–H groups in total. The summed E-state index contributed by atoms with van der Waals surface area (Å²) in [6, 6.07) is 6.38. The molecule has 1 aromatic carbocycles. The fraction of sp³-hybridized carbons (Fsp3) is 0.667. The maximum Gasteiger partial charge on any atom is 0.261 e. The van der Waals surface area contributed by atoms with Gasteiger partial charge >= 0.3 is 0 Å². The molecular formula is C21H35NO2. The minimum atomic E-state index is -0.986. The Labute approximate surface area is 148 Å². The summed E-state index contributed by atoms with van der Waals surface area (Å²) in [7, 11) is 0. The minimum absolute atomic E-state index is 0.0402. The van der Waals surface area contributed by atoms with Gasteiger partial charge in [0.2, 0.25) is 0 Å². The molecule has 3 nitrogen and oxygen atoms in total. The van der Waals surface area contributed by atoms with Crippen LogP contribution >= 0.6 is 0 Å². The second-order valence-electron chi connectivity index (χ2n) is 8.24. The van der Waals surface area contributed by atoms with E-state index in [0.29, 0.717) is 6.42 Å². The number of nitrogens with two attached hydrogens (primary N) is 1. The number of primary amides is 1. The molecule has 0 radical (unpaired) electrons. The smallest absolute Gasteiger partial charge is 0.261 e. The highest BCUT2D eigenvalue weighted by molar-refractivity contribution is 5.83. The maximum atomic E-state index is 11.9. The summed E-state index contributed by atoms with van der Waals surface area (Å²) in [6.07, 6.45) is 2.59. The third kappa shape index (κ3) is 4.12. The molecular weight excluding hydrogens is 298 g/mol. The first-order valence-corrected chi connectivity index (χ1v) is 9.07. The van der Waals surface area contributed by atoms with E-state index in [1.807, 2.05) is 13.0 Å². The Morgan fingerprint density at radius 1 is 0.958 bits per heavy atom. The van der Waals surface area contributed by atoms with Crippen molar-refractivity contribution in [1.29, 1.82) is 0 Å². The molecule has 0 aliphatic rings. The largest absolute Gasteiger partial charge is 0.477 e. The molecule has 0 saturated heterocycles. The van der Waals surface area contributed by atoms with Crippen LogP contribution in [0.1, 0.15) is 85.8 Å². The zero-order chi connectivity index (χ0) is 18.8. The Kier molecular flexibility index (Phi) is 6.13. The fourth-order valence-electron chi connectivity index (χ4n) is 2.50. The summed E-state index contributed by atoms with van der Waals surface area (Å²) in [4.78, 5) is 11.9. The standard InChI is InChI=1S/C21H35NO2/c1-9-19(4,5)15-12-13-17(16(14-15)20(6,7)10-2)24-21(8,11-3)18(22)23/h12-14H,9-11H2,1-8H3,(H2,22,23). The molecule has 1 atom stereocenters. The van der Waals surface area contributed by atoms with Gasteiger partial charge in [0.25, 0.3) is 5.91 Å². The van der Waals surface area contributed by atoms with Crippen molar-refractivity contribution in [2.24, 2.45) is 5.73 Å². The molecule has 136 valence electrons. The molecule has 0 bridgehead atoms. The van der Waals surface area contributed by atoms with Crippen LogP contribution in [0.25, 0.3) is 0 Å². The summed E-state index contributed by atoms with van der Waals surface area (Å²) in [6.45, 7) is 17.0. The van der Waals surface area contributed by atoms with Crippen molar-refractivity contribution in [2.45, 2.75) is 91.1 Å². The van der Waals surface area contributed by atoms with E-state index in [2.05, 4.69) is 53.7 Å². The Morgan fingerprint density at radius 2 is 1.50 bits per heavy atom. The monoisotopic (exact) mass is 333 g/mol. The summed E-state index contributed by atoms with van der Waals surface area (Å²) in [5, 5.41) is 0. The predicted molar refractivity (Wildman–Crippen MR) is 102 cm³/mol. The highest BCUT2D eigenvalue weighted by atomic mass is 16.5. The lowest BCUT2D eigenvalue weighted by molar-refractivity contribution is -0.132. The van der Waals surface area contributed by atoms with Gasteiger partial charge < -0.3 is 10.5 Å². The summed E-state index contributed by atoms with van der Waals surface area (Å²) >= 11 is 0. The third-order valence-electron chi connectivity index (χ3n) is 5.79. The Morgan fingerprint density at radius 3 is 1.92 bits per heavy atom. The van der Waals surface area contributed by atoms with Gasteiger partial charge in [0, 0.05) is 5.56 Å². The van der Waals surface area contributed by atoms with Crippen molar-refractivity contribution in [3.63, 3.8) is 0 Å². The molecule has 24 heavy (non-hydrogen) atoms. The average molecular weight is 334 g/mol. The van der Waals surface area contributed by atoms with Crippen molar-refractivity contribution in [3.8, 4) is 5.75 Å². The zero-order valence-electron chi connectivity index (χ0n) is 16.7. The predicted octanol–water partition coefficient (Wildman–Crippen LogP) is 5.09. The van der Waals surface area contributed by atoms with E-state index in [0.717, 1.165) is 24.2 Å². The van der Waals surface area contributed by atoms with Crippen LogP contribution in [0.2, 0.25) is 0 Å². The summed E-state index contributed by atoms with van der Waals surface area (Å²) in [5.74, 6) is 0.337. The SMILES string of the molecule is CCC(C)(Oc1ccc(C(C)(C)CC)cc1C(C)(C)CC)C(N)=O. The van der Waals surface area contributed by atoms with E-state index < -0.39 is 11.5 Å². The van der Waals surface area contributed by atoms with Crippen molar-refractivity contribution in [1.82, 2.24) is 0 Å². The van der Waals surface area contributed by atoms with Gasteiger partial charge in [0.15, 0.2) is 5.60 Å². The van der Waals surface area contributed by atoms with Crippen LogP contribution in [0, 0.1) is 0 Å². The van der Waals surface area contributed by atoms with Gasteiger partial charge in [-0.3, -0.25) is 4.79 Å². The van der Waals surface area contributed by atoms with Gasteiger partial charge in [-0.15, -0.1) is 0 Å². The normalized spacial score (nSPS) is 15.0. The highest BCUT2D eigenvalue weighted by Crippen LogP contribution is 2.39. The van der Waals surface area contributed by atoms with Crippen molar-refractivity contribution in [2.75, 3.05) is 0 Å². The van der Waals surface area contributed by atoms with E-state index >= 15 is 0 Å². The first kappa shape index (κ1) is 20.5. The zero-order valence-corrected chi connectivity index (χ0v) is 16.7. The van der Waals surface area contributed by atoms with Crippen LogP contribution < -0.4 is 10.5 Å². The number of hydrogen-bond acceptors (Lipinski definition) is 2. The van der Waals surface area contributed by atoms with Crippen molar-refractivity contribution >= 4 is 5.91 Å². The van der Waals surface area contributed by atoms with Crippen LogP contribution in [0.5, 0.6) is 5.75 Å². The number of benzene rings is 1. The van der Waals surface area contributed by atoms with Crippen LogP contribution in [-0.4, -0.2) is 11.5 Å². The first-order valence-electron chi connectivity index (χ1n) is 9.07. The number of carbonyl (C=O) groups excluding carboxylic acids is 1. The second kappa shape index (κ2) is 7.16. The van der Waals surface area contributed by atoms with Gasteiger partial charge in [-0.1, -0.05) is 60.6 Å². The Balaban J connectivity index is 3.48. The Hall–Kier alpha value is -1.51. The van der Waals surface area contributed by atoms with Crippen LogP contribution in [0.3, 0.4) is 0 Å². The van der Waals surface area contributed by atoms with E-state index in [4.69, 9.17) is 10.5 Å². The fourth-order valence-corrected chi connectivity index (χ4v) is 2.50. The second-order valence-corrected chi connectivity index (χ2v) is 8.24. The summed E-state index contributed by atoms with van der Waals surface area (Å²) < 4.78 is 6.16. The number of amides is 1. The molecule has 1 amide bonds. The van der Waals surface area contributed by atoms with Crippen LogP contribution in [0.15, 0.2) is 18.2 Å². The van der Waals surface area contributed by atoms with Gasteiger partial charge in [-0.05, 0) is 48.6 Å². The van der Waals surface area contributed by atoms with Gasteiger partial charge in [0.1, 0.15) is 5.75 Å². The maximum absolute atomic E-state index is 11.9. The van der Waals surface area contributed by atoms with Gasteiger partial charge in [0.05, 0.1) is 0 Å². The van der Waals surface area contributed by atoms with E-state index in [-0.39, 0.29) is 10.8 Å². The quantitative estimate of drug-likeness (QED) is 0.720. The number of carbonyl (C=O) groups is 1.